The first kappa shape index (κ1) is 52.9. The topological polar surface area (TPSA) is 232 Å². The zero-order valence-electron chi connectivity index (χ0n) is 32.5. The number of hydrogen-bond acceptors (Lipinski definition) is 15. The number of benzene rings is 4. The Labute approximate surface area is 369 Å². The van der Waals surface area contributed by atoms with E-state index in [0.717, 1.165) is 41.8 Å². The minimum absolute atomic E-state index is 0. The number of halogens is 4. The second-order valence-corrected chi connectivity index (χ2v) is 17.3. The van der Waals surface area contributed by atoms with Crippen molar-refractivity contribution in [3.63, 3.8) is 0 Å². The molecule has 0 bridgehead atoms. The lowest BCUT2D eigenvalue weighted by Crippen LogP contribution is -2.21. The molecule has 0 fully saturated rings. The summed E-state index contributed by atoms with van der Waals surface area (Å²) in [7, 11) is -1.96. The van der Waals surface area contributed by atoms with Crippen LogP contribution in [0.3, 0.4) is 0 Å². The van der Waals surface area contributed by atoms with E-state index >= 15 is 0 Å². The highest BCUT2D eigenvalue weighted by atomic mass is 32.2. The Kier molecular flexibility index (Phi) is 19.1. The van der Waals surface area contributed by atoms with E-state index < -0.39 is 70.6 Å². The minimum Gasteiger partial charge on any atom is -0.478 e. The Bertz CT molecular complexity index is 2750. The molecule has 0 unspecified atom stereocenters. The molecule has 2 aromatic heterocycles. The Hall–Kier alpha value is -6.28. The molecule has 63 heavy (non-hydrogen) atoms. The Balaban J connectivity index is 0.000000397. The molecule has 4 aromatic carbocycles. The zero-order valence-corrected chi connectivity index (χ0v) is 35.8. The molecule has 0 aliphatic rings. The third-order valence-corrected chi connectivity index (χ3v) is 11.3. The number of rotatable bonds is 12. The van der Waals surface area contributed by atoms with Crippen LogP contribution in [0.1, 0.15) is 46.7 Å². The fraction of sp³-hybridized carbons (Fsp3) is 0.211. The van der Waals surface area contributed by atoms with E-state index in [4.69, 9.17) is 14.6 Å². The molecule has 0 saturated heterocycles. The summed E-state index contributed by atoms with van der Waals surface area (Å²) in [6.07, 6.45) is 2.22. The first-order chi connectivity index (χ1) is 28.6. The number of sulfonamides is 2. The molecule has 4 N–H and O–H groups in total. The van der Waals surface area contributed by atoms with Crippen molar-refractivity contribution in [2.45, 2.75) is 38.5 Å². The predicted octanol–water partition coefficient (Wildman–Crippen LogP) is 7.94. The Morgan fingerprint density at radius 1 is 0.635 bits per heavy atom. The summed E-state index contributed by atoms with van der Waals surface area (Å²) in [6, 6.07) is 10.6. The quantitative estimate of drug-likeness (QED) is 0.0854. The maximum atomic E-state index is 14.5. The molecule has 17 nitrogen and oxygen atoms in total. The zero-order chi connectivity index (χ0) is 45.2. The number of hydrogen-bond donors (Lipinski definition) is 4. The van der Waals surface area contributed by atoms with Crippen molar-refractivity contribution in [2.75, 3.05) is 37.6 Å². The first-order valence-corrected chi connectivity index (χ1v) is 21.3. The van der Waals surface area contributed by atoms with Gasteiger partial charge < -0.3 is 24.8 Å². The molecule has 0 atom stereocenters. The number of nitrogens with zero attached hydrogens (tertiary/aromatic N) is 5. The molecule has 0 radical (unpaired) electrons. The van der Waals surface area contributed by atoms with Gasteiger partial charge in [0.15, 0.2) is 23.1 Å². The highest BCUT2D eigenvalue weighted by Crippen LogP contribution is 2.33. The number of aromatic nitrogens is 4. The van der Waals surface area contributed by atoms with Crippen LogP contribution < -0.4 is 24.2 Å². The molecule has 1 amide bonds. The maximum absolute atomic E-state index is 14.5. The highest BCUT2D eigenvalue weighted by Gasteiger charge is 2.26. The van der Waals surface area contributed by atoms with Gasteiger partial charge in [-0.3, -0.25) is 14.2 Å². The van der Waals surface area contributed by atoms with Gasteiger partial charge >= 0.3 is 5.97 Å². The number of ether oxygens (including phenoxy) is 2. The van der Waals surface area contributed by atoms with Crippen molar-refractivity contribution in [1.82, 2.24) is 28.9 Å². The van der Waals surface area contributed by atoms with Crippen LogP contribution in [0.4, 0.5) is 27.8 Å². The largest absolute Gasteiger partial charge is 0.478 e. The first-order valence-electron chi connectivity index (χ1n) is 16.8. The van der Waals surface area contributed by atoms with E-state index in [0.29, 0.717) is 41.0 Å². The molecule has 6 aromatic rings. The van der Waals surface area contributed by atoms with Gasteiger partial charge in [-0.2, -0.15) is 8.75 Å². The summed E-state index contributed by atoms with van der Waals surface area (Å²) >= 11 is 1.47. The second kappa shape index (κ2) is 22.7. The summed E-state index contributed by atoms with van der Waals surface area (Å²) < 4.78 is 129. The van der Waals surface area contributed by atoms with Crippen LogP contribution in [0.2, 0.25) is 0 Å². The van der Waals surface area contributed by atoms with Crippen molar-refractivity contribution in [2.24, 2.45) is 0 Å². The summed E-state index contributed by atoms with van der Waals surface area (Å²) in [5.74, 6) is -7.33. The van der Waals surface area contributed by atoms with E-state index in [2.05, 4.69) is 24.0 Å². The third kappa shape index (κ3) is 14.4. The van der Waals surface area contributed by atoms with Gasteiger partial charge in [0.1, 0.15) is 45.6 Å². The van der Waals surface area contributed by atoms with Crippen LogP contribution in [0.5, 0.6) is 23.0 Å². The number of carbonyl (C=O) groups is 2. The lowest BCUT2D eigenvalue weighted by atomic mass is 10.1. The smallest absolute Gasteiger partial charge is 0.335 e. The summed E-state index contributed by atoms with van der Waals surface area (Å²) in [6.45, 7) is 3.32. The van der Waals surface area contributed by atoms with E-state index in [1.54, 1.807) is 34.0 Å². The van der Waals surface area contributed by atoms with Crippen molar-refractivity contribution in [3.8, 4) is 23.0 Å². The van der Waals surface area contributed by atoms with Crippen molar-refractivity contribution in [1.29, 1.82) is 0 Å². The van der Waals surface area contributed by atoms with Gasteiger partial charge in [0.2, 0.25) is 10.3 Å². The van der Waals surface area contributed by atoms with E-state index in [-0.39, 0.29) is 48.1 Å². The van der Waals surface area contributed by atoms with E-state index in [1.807, 2.05) is 23.5 Å². The second-order valence-electron chi connectivity index (χ2n) is 12.4. The molecule has 0 aliphatic carbocycles. The van der Waals surface area contributed by atoms with Crippen LogP contribution in [-0.2, 0) is 20.0 Å². The third-order valence-electron chi connectivity index (χ3n) is 7.18. The average Bonchev–Trinajstić information content (AvgIpc) is 3.88. The standard InChI is InChI=1S/C18H16F2N4O4S2.C16H11F2N3O5S2.C2H7N.2CH4/c1-10-4-11(17(25)24(2)3)6-12(5-10)28-15-7-14(20)16(8-13(15)19)30(26,27)23-18-21-9-22-29-18;1-8-2-9(15(22)23)4-10(3-8)26-13-5-12(18)14(6-11(13)17)28(24,25)21-16-19-7-20-27-16;1-3-2;;/h4-9H,1-3H3,(H,21,22,23);2-7H,1H3,(H,22,23)(H,19,20,21);3H,1-2H3;2*1H4. The van der Waals surface area contributed by atoms with Gasteiger partial charge in [-0.25, -0.2) is 49.2 Å². The Morgan fingerprint density at radius 2 is 1.02 bits per heavy atom. The number of aromatic carboxylic acids is 1. The fourth-order valence-electron chi connectivity index (χ4n) is 4.74. The van der Waals surface area contributed by atoms with Crippen molar-refractivity contribution in [3.05, 3.63) is 119 Å². The van der Waals surface area contributed by atoms with Crippen LogP contribution in [-0.4, -0.2) is 85.6 Å². The van der Waals surface area contributed by atoms with E-state index in [9.17, 15) is 44.0 Å². The predicted molar refractivity (Wildman–Crippen MR) is 230 cm³/mol. The lowest BCUT2D eigenvalue weighted by Gasteiger charge is -2.14. The molecule has 6 rings (SSSR count). The summed E-state index contributed by atoms with van der Waals surface area (Å²) in [5.41, 5.74) is 1.39. The number of carboxylic acid groups (broad SMARTS) is 1. The van der Waals surface area contributed by atoms with Gasteiger partial charge in [-0.1, -0.05) is 14.9 Å². The Morgan fingerprint density at radius 3 is 1.37 bits per heavy atom. The van der Waals surface area contributed by atoms with Gasteiger partial charge in [-0.15, -0.1) is 0 Å². The molecule has 340 valence electrons. The number of nitrogens with one attached hydrogen (secondary N) is 3. The number of carboxylic acids is 1. The lowest BCUT2D eigenvalue weighted by molar-refractivity contribution is 0.0695. The van der Waals surface area contributed by atoms with Gasteiger partial charge in [-0.05, 0) is 75.5 Å². The summed E-state index contributed by atoms with van der Waals surface area (Å²) in [4.78, 5) is 30.0. The molecule has 25 heteroatoms. The van der Waals surface area contributed by atoms with Gasteiger partial charge in [0.25, 0.3) is 26.0 Å². The maximum Gasteiger partial charge on any atom is 0.335 e. The fourth-order valence-corrected chi connectivity index (χ4v) is 8.20. The number of amides is 1. The number of aryl methyl sites for hydroxylation is 2. The summed E-state index contributed by atoms with van der Waals surface area (Å²) in [5, 5.41) is 11.6. The van der Waals surface area contributed by atoms with Crippen LogP contribution >= 0.6 is 23.1 Å². The average molecular weight is 959 g/mol. The molecular weight excluding hydrogens is 917 g/mol. The van der Waals surface area contributed by atoms with Crippen LogP contribution in [0.15, 0.2) is 83.1 Å². The monoisotopic (exact) mass is 958 g/mol. The molecular formula is C38H42F4N8O9S4. The molecule has 0 aliphatic heterocycles. The molecule has 2 heterocycles. The van der Waals surface area contributed by atoms with E-state index in [1.165, 1.54) is 29.2 Å². The van der Waals surface area contributed by atoms with Crippen LogP contribution in [0, 0.1) is 37.1 Å². The number of carbonyl (C=O) groups excluding carboxylic acids is 1. The molecule has 0 saturated carbocycles. The SMILES string of the molecule is C.C.CNC.Cc1cc(Oc2cc(F)c(S(=O)(=O)Nc3ncns3)cc2F)cc(C(=O)N(C)C)c1.Cc1cc(Oc2cc(F)c(S(=O)(=O)Nc3ncns3)cc2F)cc(C(=O)O)c1. The molecule has 0 spiro atoms. The van der Waals surface area contributed by atoms with Crippen LogP contribution in [0.25, 0.3) is 0 Å². The van der Waals surface area contributed by atoms with Gasteiger partial charge in [0.05, 0.1) is 5.56 Å². The van der Waals surface area contributed by atoms with Crippen molar-refractivity contribution >= 4 is 65.3 Å². The number of anilines is 2. The normalized spacial score (nSPS) is 10.6. The van der Waals surface area contributed by atoms with Crippen molar-refractivity contribution < 1.29 is 58.6 Å². The highest BCUT2D eigenvalue weighted by molar-refractivity contribution is 7.93. The van der Waals surface area contributed by atoms with Gasteiger partial charge in [0, 0.05) is 67.0 Å². The minimum atomic E-state index is -4.44.